The molecule has 4 nitrogen and oxygen atoms in total. The Balaban J connectivity index is 0.000000180. The monoisotopic (exact) mass is 892 g/mol. The van der Waals surface area contributed by atoms with E-state index in [-0.39, 0.29) is 6.17 Å². The van der Waals surface area contributed by atoms with Crippen LogP contribution in [0, 0.1) is 6.92 Å². The molecule has 7 aromatic carbocycles. The molecule has 1 aliphatic carbocycles. The number of allylic oxidation sites excluding steroid dienone is 3. The molecule has 0 bridgehead atoms. The minimum Gasteiger partial charge on any atom is -0.331 e. The molecule has 11 rings (SSSR count). The van der Waals surface area contributed by atoms with Crippen molar-refractivity contribution in [3.05, 3.63) is 228 Å². The van der Waals surface area contributed by atoms with Crippen molar-refractivity contribution in [3.8, 4) is 33.4 Å². The lowest BCUT2D eigenvalue weighted by molar-refractivity contribution is 0.735. The smallest absolute Gasteiger partial charge is 0.169 e. The Kier molecular flexibility index (Phi) is 12.7. The molecule has 0 fully saturated rings. The summed E-state index contributed by atoms with van der Waals surface area (Å²) >= 11 is 3.72. The molecule has 0 saturated carbocycles. The van der Waals surface area contributed by atoms with Gasteiger partial charge < -0.3 is 5.32 Å². The number of hydrogen-bond donors (Lipinski definition) is 1. The van der Waals surface area contributed by atoms with Gasteiger partial charge in [0.2, 0.25) is 0 Å². The molecule has 1 N–H and O–H groups in total. The van der Waals surface area contributed by atoms with Crippen LogP contribution in [0.2, 0.25) is 0 Å². The van der Waals surface area contributed by atoms with Gasteiger partial charge in [0, 0.05) is 38.8 Å². The second-order valence-electron chi connectivity index (χ2n) is 17.1. The average Bonchev–Trinajstić information content (AvgIpc) is 3.39. The Hall–Kier alpha value is -6.73. The lowest BCUT2D eigenvalue weighted by Crippen LogP contribution is -2.27. The average molecular weight is 893 g/mol. The van der Waals surface area contributed by atoms with Gasteiger partial charge in [-0.2, -0.15) is 11.8 Å². The summed E-state index contributed by atoms with van der Waals surface area (Å²) in [5.74, 6) is 1.70. The van der Waals surface area contributed by atoms with E-state index in [0.717, 1.165) is 28.4 Å². The van der Waals surface area contributed by atoms with Gasteiger partial charge >= 0.3 is 0 Å². The number of nitrogens with one attached hydrogen (secondary N) is 1. The van der Waals surface area contributed by atoms with Crippen LogP contribution in [0.3, 0.4) is 0 Å². The van der Waals surface area contributed by atoms with E-state index >= 15 is 0 Å². The van der Waals surface area contributed by atoms with Crippen LogP contribution in [0.5, 0.6) is 0 Å². The highest BCUT2D eigenvalue weighted by molar-refractivity contribution is 7.99. The number of hydrogen-bond acceptors (Lipinski definition) is 6. The minimum atomic E-state index is -0.184. The largest absolute Gasteiger partial charge is 0.331 e. The van der Waals surface area contributed by atoms with Gasteiger partial charge in [0.1, 0.15) is 10.9 Å². The number of thioether (sulfide) groups is 1. The molecule has 3 aliphatic rings. The molecule has 4 atom stereocenters. The Morgan fingerprint density at radius 3 is 2.18 bits per heavy atom. The number of fused-ring (bicyclic) bond motifs is 2. The molecule has 66 heavy (non-hydrogen) atoms. The number of nitrogens with zero attached hydrogens (tertiary/aromatic N) is 3. The highest BCUT2D eigenvalue weighted by Gasteiger charge is 2.27. The van der Waals surface area contributed by atoms with Gasteiger partial charge in [-0.25, -0.2) is 15.0 Å². The summed E-state index contributed by atoms with van der Waals surface area (Å²) in [5.41, 5.74) is 16.6. The molecule has 0 radical (unpaired) electrons. The first-order chi connectivity index (χ1) is 32.4. The summed E-state index contributed by atoms with van der Waals surface area (Å²) in [5, 5.41) is 7.28. The summed E-state index contributed by atoms with van der Waals surface area (Å²) in [6.07, 6.45) is 14.1. The Labute approximate surface area is 397 Å². The van der Waals surface area contributed by atoms with Crippen molar-refractivity contribution in [3.63, 3.8) is 0 Å². The zero-order valence-corrected chi connectivity index (χ0v) is 39.4. The molecule has 3 heterocycles. The number of aliphatic imine (C=N–C) groups is 2. The van der Waals surface area contributed by atoms with Crippen molar-refractivity contribution in [2.24, 2.45) is 9.98 Å². The van der Waals surface area contributed by atoms with Crippen LogP contribution < -0.4 is 5.32 Å². The van der Waals surface area contributed by atoms with E-state index in [9.17, 15) is 0 Å². The number of amidine groups is 1. The van der Waals surface area contributed by atoms with Gasteiger partial charge in [-0.05, 0) is 110 Å². The lowest BCUT2D eigenvalue weighted by Gasteiger charge is -2.28. The highest BCUT2D eigenvalue weighted by atomic mass is 32.2. The van der Waals surface area contributed by atoms with E-state index in [2.05, 4.69) is 189 Å². The standard InChI is InChI=1S/C39H35NS2.C21H17N3/c1-5-24(2)30-11-6-7-12-33(30)31-17-15-26(20-25(31)3)27-16-18-32(37(23-27)41-4)29-21-28-10-8-14-36-38(28)35(22-29)34-13-9-19-40-39(34)42-36;1-3-7-16(8-4-1)17-11-13-19(14-12-17)21-23-15-22-20(24-21)18-9-5-2-6-10-18/h6-24,32,37H,5H2,1-4H3;1-15,20H,(H,22,23,24). The summed E-state index contributed by atoms with van der Waals surface area (Å²) in [6, 6.07) is 60.6. The molecule has 2 aliphatic heterocycles. The lowest BCUT2D eigenvalue weighted by atomic mass is 9.84. The zero-order chi connectivity index (χ0) is 45.0. The fourth-order valence-electron chi connectivity index (χ4n) is 9.34. The first-order valence-electron chi connectivity index (χ1n) is 22.9. The van der Waals surface area contributed by atoms with Crippen molar-refractivity contribution in [1.82, 2.24) is 10.3 Å². The Morgan fingerprint density at radius 1 is 0.667 bits per heavy atom. The molecular weight excluding hydrogens is 841 g/mol. The van der Waals surface area contributed by atoms with Crippen molar-refractivity contribution in [2.45, 2.75) is 60.4 Å². The quantitative estimate of drug-likeness (QED) is 0.157. The predicted octanol–water partition coefficient (Wildman–Crippen LogP) is 15.8. The SMILES string of the molecule is C1=NC(c2ccccc2)N=C(c2ccc(-c3ccccc3)cc2)N1.CCC(C)c1ccccc1-c1ccc(C2=CC(SC)C(c3cc4c5c(cccc5c3)Sc3ncccc3-4)C=C2)cc1C. The predicted molar refractivity (Wildman–Crippen MR) is 283 cm³/mol. The summed E-state index contributed by atoms with van der Waals surface area (Å²) in [7, 11) is 0. The van der Waals surface area contributed by atoms with Gasteiger partial charge in [0.25, 0.3) is 0 Å². The summed E-state index contributed by atoms with van der Waals surface area (Å²) in [6.45, 7) is 6.86. The normalized spacial score (nSPS) is 17.4. The van der Waals surface area contributed by atoms with E-state index in [1.807, 2.05) is 54.4 Å². The van der Waals surface area contributed by atoms with Gasteiger partial charge in [0.05, 0.1) is 6.34 Å². The fraction of sp³-hybridized carbons (Fsp3) is 0.150. The van der Waals surface area contributed by atoms with Crippen molar-refractivity contribution >= 4 is 52.0 Å². The topological polar surface area (TPSA) is 49.6 Å². The maximum Gasteiger partial charge on any atom is 0.169 e. The number of benzene rings is 7. The second kappa shape index (κ2) is 19.4. The third-order valence-corrected chi connectivity index (χ3v) is 15.1. The summed E-state index contributed by atoms with van der Waals surface area (Å²) in [4.78, 5) is 15.2. The van der Waals surface area contributed by atoms with Crippen LogP contribution in [0.4, 0.5) is 0 Å². The number of aryl methyl sites for hydroxylation is 1. The van der Waals surface area contributed by atoms with E-state index in [1.165, 1.54) is 76.9 Å². The van der Waals surface area contributed by atoms with Gasteiger partial charge in [-0.1, -0.05) is 195 Å². The fourth-order valence-corrected chi connectivity index (χ4v) is 11.3. The number of pyridine rings is 1. The Morgan fingerprint density at radius 2 is 1.39 bits per heavy atom. The minimum absolute atomic E-state index is 0.184. The van der Waals surface area contributed by atoms with E-state index in [1.54, 1.807) is 18.1 Å². The van der Waals surface area contributed by atoms with Crippen LogP contribution in [0.1, 0.15) is 71.7 Å². The van der Waals surface area contributed by atoms with Crippen LogP contribution >= 0.6 is 23.5 Å². The maximum absolute atomic E-state index is 4.73. The molecule has 1 aromatic heterocycles. The van der Waals surface area contributed by atoms with Crippen LogP contribution in [-0.2, 0) is 0 Å². The van der Waals surface area contributed by atoms with Crippen molar-refractivity contribution < 1.29 is 0 Å². The maximum atomic E-state index is 4.73. The molecule has 0 amide bonds. The van der Waals surface area contributed by atoms with Gasteiger partial charge in [-0.15, -0.1) is 0 Å². The van der Waals surface area contributed by atoms with E-state index in [0.29, 0.717) is 17.1 Å². The van der Waals surface area contributed by atoms with Crippen LogP contribution in [0.15, 0.2) is 214 Å². The molecule has 324 valence electrons. The van der Waals surface area contributed by atoms with E-state index in [4.69, 9.17) is 9.98 Å². The third kappa shape index (κ3) is 8.83. The molecular formula is C60H52N4S2. The van der Waals surface area contributed by atoms with Gasteiger partial charge in [0.15, 0.2) is 6.17 Å². The molecule has 4 unspecified atom stereocenters. The van der Waals surface area contributed by atoms with E-state index < -0.39 is 0 Å². The van der Waals surface area contributed by atoms with Crippen LogP contribution in [0.25, 0.3) is 49.7 Å². The van der Waals surface area contributed by atoms with Gasteiger partial charge in [-0.3, -0.25) is 0 Å². The molecule has 0 saturated heterocycles. The molecule has 0 spiro atoms. The summed E-state index contributed by atoms with van der Waals surface area (Å²) < 4.78 is 0. The Bertz CT molecular complexity index is 3150. The third-order valence-electron chi connectivity index (χ3n) is 13.1. The second-order valence-corrected chi connectivity index (χ2v) is 19.2. The van der Waals surface area contributed by atoms with Crippen molar-refractivity contribution in [2.75, 3.05) is 6.26 Å². The van der Waals surface area contributed by atoms with Crippen LogP contribution in [-0.4, -0.2) is 28.7 Å². The number of aromatic nitrogens is 1. The first kappa shape index (κ1) is 43.2. The zero-order valence-electron chi connectivity index (χ0n) is 37.7. The highest BCUT2D eigenvalue weighted by Crippen LogP contribution is 2.49. The number of rotatable bonds is 9. The van der Waals surface area contributed by atoms with Crippen molar-refractivity contribution in [1.29, 1.82) is 0 Å². The molecule has 6 heteroatoms. The molecule has 8 aromatic rings. The first-order valence-corrected chi connectivity index (χ1v) is 25.0.